The molecule has 196 valence electrons. The molecule has 2 fully saturated rings. The minimum Gasteiger partial charge on any atom is -0.352 e. The van der Waals surface area contributed by atoms with E-state index < -0.39 is 0 Å². The maximum Gasteiger partial charge on any atom is 0.260 e. The number of rotatable bonds is 7. The van der Waals surface area contributed by atoms with E-state index in [1.807, 2.05) is 30.3 Å². The van der Waals surface area contributed by atoms with Gasteiger partial charge in [0.25, 0.3) is 11.8 Å². The number of benzene rings is 3. The van der Waals surface area contributed by atoms with E-state index in [0.29, 0.717) is 29.9 Å². The predicted molar refractivity (Wildman–Crippen MR) is 157 cm³/mol. The van der Waals surface area contributed by atoms with E-state index in [1.165, 1.54) is 35.1 Å². The van der Waals surface area contributed by atoms with Gasteiger partial charge in [0, 0.05) is 29.9 Å². The average Bonchev–Trinajstić information content (AvgIpc) is 2.93. The van der Waals surface area contributed by atoms with Crippen molar-refractivity contribution in [1.82, 2.24) is 10.2 Å². The van der Waals surface area contributed by atoms with E-state index in [9.17, 15) is 9.59 Å². The number of thioether (sulfide) groups is 1. The Morgan fingerprint density at radius 3 is 2.21 bits per heavy atom. The molecule has 5 heteroatoms. The van der Waals surface area contributed by atoms with Crippen LogP contribution in [0.4, 0.5) is 0 Å². The van der Waals surface area contributed by atoms with Gasteiger partial charge >= 0.3 is 0 Å². The van der Waals surface area contributed by atoms with Gasteiger partial charge in [0.05, 0.1) is 4.91 Å². The summed E-state index contributed by atoms with van der Waals surface area (Å²) in [6.07, 6.45) is 7.44. The van der Waals surface area contributed by atoms with Crippen molar-refractivity contribution in [1.29, 1.82) is 0 Å². The molecule has 3 aromatic carbocycles. The molecular weight excluding hydrogens is 488 g/mol. The number of fused-ring (bicyclic) bond motifs is 1. The van der Waals surface area contributed by atoms with Crippen molar-refractivity contribution in [3.8, 4) is 0 Å². The molecule has 2 unspecified atom stereocenters. The van der Waals surface area contributed by atoms with E-state index in [-0.39, 0.29) is 11.8 Å². The summed E-state index contributed by atoms with van der Waals surface area (Å²) in [4.78, 5) is 29.2. The number of nitrogens with zero attached hydrogens (tertiary/aromatic N) is 1. The van der Waals surface area contributed by atoms with Gasteiger partial charge in [-0.3, -0.25) is 9.59 Å². The standard InChI is InChI=1S/C33H36N2O2S/c1-23-7-11-25(12-8-23)19-20-34-32(36)28-17-15-26(16-18-28)21-31-33(37)35(22-27-13-9-24(2)10-14-27)29-5-3-4-6-30(29)38-31/h7-18,21,29-30H,3-6,19-20,22H2,1-2H3,(H,34,36)/b31-21+. The zero-order valence-electron chi connectivity index (χ0n) is 22.3. The maximum atomic E-state index is 13.7. The highest BCUT2D eigenvalue weighted by atomic mass is 32.2. The monoisotopic (exact) mass is 524 g/mol. The summed E-state index contributed by atoms with van der Waals surface area (Å²) in [6.45, 7) is 5.41. The summed E-state index contributed by atoms with van der Waals surface area (Å²) in [6, 6.07) is 24.8. The smallest absolute Gasteiger partial charge is 0.260 e. The highest BCUT2D eigenvalue weighted by Crippen LogP contribution is 2.42. The van der Waals surface area contributed by atoms with Gasteiger partial charge in [-0.2, -0.15) is 0 Å². The topological polar surface area (TPSA) is 49.4 Å². The molecule has 1 N–H and O–H groups in total. The van der Waals surface area contributed by atoms with Crippen molar-refractivity contribution in [2.45, 2.75) is 63.8 Å². The van der Waals surface area contributed by atoms with Crippen molar-refractivity contribution in [3.05, 3.63) is 111 Å². The highest BCUT2D eigenvalue weighted by Gasteiger charge is 2.40. The zero-order chi connectivity index (χ0) is 26.5. The highest BCUT2D eigenvalue weighted by molar-refractivity contribution is 8.04. The summed E-state index contributed by atoms with van der Waals surface area (Å²) in [5.41, 5.74) is 6.43. The zero-order valence-corrected chi connectivity index (χ0v) is 23.1. The Kier molecular flexibility index (Phi) is 8.33. The number of hydrogen-bond acceptors (Lipinski definition) is 3. The Hall–Kier alpha value is -3.31. The van der Waals surface area contributed by atoms with Gasteiger partial charge in [-0.1, -0.05) is 84.6 Å². The van der Waals surface area contributed by atoms with Crippen LogP contribution in [0.15, 0.2) is 77.7 Å². The first-order chi connectivity index (χ1) is 18.5. The minimum atomic E-state index is -0.0752. The number of carbonyl (C=O) groups is 2. The molecule has 3 aromatic rings. The van der Waals surface area contributed by atoms with Gasteiger partial charge in [-0.25, -0.2) is 0 Å². The fourth-order valence-electron chi connectivity index (χ4n) is 5.31. The molecule has 0 spiro atoms. The lowest BCUT2D eigenvalue weighted by molar-refractivity contribution is -0.130. The molecule has 0 radical (unpaired) electrons. The predicted octanol–water partition coefficient (Wildman–Crippen LogP) is 6.70. The first-order valence-corrected chi connectivity index (χ1v) is 14.5. The first-order valence-electron chi connectivity index (χ1n) is 13.6. The van der Waals surface area contributed by atoms with Crippen LogP contribution in [0.5, 0.6) is 0 Å². The summed E-state index contributed by atoms with van der Waals surface area (Å²) >= 11 is 1.75. The fraction of sp³-hybridized carbons (Fsp3) is 0.333. The fourth-order valence-corrected chi connectivity index (χ4v) is 6.78. The molecule has 2 amide bonds. The van der Waals surface area contributed by atoms with E-state index >= 15 is 0 Å². The summed E-state index contributed by atoms with van der Waals surface area (Å²) in [5, 5.41) is 3.46. The van der Waals surface area contributed by atoms with Gasteiger partial charge in [0.15, 0.2) is 0 Å². The van der Waals surface area contributed by atoms with Crippen molar-refractivity contribution < 1.29 is 9.59 Å². The Bertz CT molecular complexity index is 1300. The second kappa shape index (κ2) is 12.0. The molecule has 0 bridgehead atoms. The third kappa shape index (κ3) is 6.39. The lowest BCUT2D eigenvalue weighted by Gasteiger charge is -2.44. The Morgan fingerprint density at radius 2 is 1.53 bits per heavy atom. The SMILES string of the molecule is Cc1ccc(CCNC(=O)c2ccc(/C=C3/SC4CCCCC4N(Cc4ccc(C)cc4)C3=O)cc2)cc1. The number of carbonyl (C=O) groups excluding carboxylic acids is 2. The summed E-state index contributed by atoms with van der Waals surface area (Å²) in [5.74, 6) is 0.0467. The van der Waals surface area contributed by atoms with Gasteiger partial charge in [0.2, 0.25) is 0 Å². The van der Waals surface area contributed by atoms with Gasteiger partial charge in [-0.15, -0.1) is 11.8 Å². The van der Waals surface area contributed by atoms with Crippen molar-refractivity contribution in [2.24, 2.45) is 0 Å². The quantitative estimate of drug-likeness (QED) is 0.350. The molecule has 38 heavy (non-hydrogen) atoms. The molecule has 1 heterocycles. The summed E-state index contributed by atoms with van der Waals surface area (Å²) < 4.78 is 0. The Morgan fingerprint density at radius 1 is 0.895 bits per heavy atom. The van der Waals surface area contributed by atoms with Crippen LogP contribution in [0.2, 0.25) is 0 Å². The second-order valence-corrected chi connectivity index (χ2v) is 11.8. The molecular formula is C33H36N2O2S. The molecule has 5 rings (SSSR count). The largest absolute Gasteiger partial charge is 0.352 e. The van der Waals surface area contributed by atoms with Crippen LogP contribution in [-0.2, 0) is 17.8 Å². The van der Waals surface area contributed by atoms with Crippen molar-refractivity contribution in [3.63, 3.8) is 0 Å². The van der Waals surface area contributed by atoms with Gasteiger partial charge < -0.3 is 10.2 Å². The van der Waals surface area contributed by atoms with E-state index in [1.54, 1.807) is 11.8 Å². The van der Waals surface area contributed by atoms with Crippen LogP contribution in [0.1, 0.15) is 63.9 Å². The van der Waals surface area contributed by atoms with Crippen LogP contribution in [-0.4, -0.2) is 34.6 Å². The van der Waals surface area contributed by atoms with E-state index in [2.05, 4.69) is 72.6 Å². The molecule has 1 saturated carbocycles. The van der Waals surface area contributed by atoms with E-state index in [0.717, 1.165) is 29.7 Å². The van der Waals surface area contributed by atoms with Gasteiger partial charge in [0.1, 0.15) is 0 Å². The maximum absolute atomic E-state index is 13.7. The third-order valence-corrected chi connectivity index (χ3v) is 8.98. The van der Waals surface area contributed by atoms with Crippen molar-refractivity contribution >= 4 is 29.7 Å². The van der Waals surface area contributed by atoms with Crippen LogP contribution in [0.3, 0.4) is 0 Å². The second-order valence-electron chi connectivity index (χ2n) is 10.5. The summed E-state index contributed by atoms with van der Waals surface area (Å²) in [7, 11) is 0. The van der Waals surface area contributed by atoms with Crippen LogP contribution in [0, 0.1) is 13.8 Å². The third-order valence-electron chi connectivity index (χ3n) is 7.58. The molecule has 2 atom stereocenters. The lowest BCUT2D eigenvalue weighted by Crippen LogP contribution is -2.50. The molecule has 2 aliphatic rings. The van der Waals surface area contributed by atoms with Gasteiger partial charge in [-0.05, 0) is 68.0 Å². The normalized spacial score (nSPS) is 20.3. The molecule has 1 aliphatic heterocycles. The Balaban J connectivity index is 1.25. The minimum absolute atomic E-state index is 0.0752. The number of amides is 2. The van der Waals surface area contributed by atoms with Crippen LogP contribution in [0.25, 0.3) is 6.08 Å². The van der Waals surface area contributed by atoms with Crippen LogP contribution >= 0.6 is 11.8 Å². The lowest BCUT2D eigenvalue weighted by atomic mass is 9.92. The van der Waals surface area contributed by atoms with Crippen LogP contribution < -0.4 is 5.32 Å². The molecule has 1 aliphatic carbocycles. The van der Waals surface area contributed by atoms with E-state index in [4.69, 9.17) is 0 Å². The number of aryl methyl sites for hydroxylation is 2. The number of nitrogens with one attached hydrogen (secondary N) is 1. The first kappa shape index (κ1) is 26.3. The number of hydrogen-bond donors (Lipinski definition) is 1. The molecule has 4 nitrogen and oxygen atoms in total. The Labute approximate surface area is 230 Å². The molecule has 0 aromatic heterocycles. The molecule has 1 saturated heterocycles. The average molecular weight is 525 g/mol. The van der Waals surface area contributed by atoms with Crippen molar-refractivity contribution in [2.75, 3.05) is 6.54 Å².